The number of rotatable bonds is 4. The van der Waals surface area contributed by atoms with Crippen molar-refractivity contribution < 1.29 is 14.6 Å². The van der Waals surface area contributed by atoms with Crippen LogP contribution in [0.15, 0.2) is 29.1 Å². The smallest absolute Gasteiger partial charge is 0.309 e. The fourth-order valence-electron chi connectivity index (χ4n) is 3.46. The highest BCUT2D eigenvalue weighted by Gasteiger charge is 2.27. The van der Waals surface area contributed by atoms with Gasteiger partial charge >= 0.3 is 5.97 Å². The van der Waals surface area contributed by atoms with Crippen molar-refractivity contribution >= 4 is 22.6 Å². The van der Waals surface area contributed by atoms with Crippen molar-refractivity contribution in [2.75, 3.05) is 31.2 Å². The van der Waals surface area contributed by atoms with Gasteiger partial charge < -0.3 is 19.3 Å². The Morgan fingerprint density at radius 3 is 2.62 bits per heavy atom. The second-order valence-electron chi connectivity index (χ2n) is 6.47. The van der Waals surface area contributed by atoms with Gasteiger partial charge in [0.25, 0.3) is 0 Å². The van der Waals surface area contributed by atoms with Gasteiger partial charge in [0.05, 0.1) is 25.2 Å². The van der Waals surface area contributed by atoms with Gasteiger partial charge in [0.2, 0.25) is 0 Å². The van der Waals surface area contributed by atoms with Gasteiger partial charge in [-0.3, -0.25) is 9.59 Å². The molecule has 0 spiro atoms. The Bertz CT molecular complexity index is 848. The number of carboxylic acid groups (broad SMARTS) is 1. The first-order valence-electron chi connectivity index (χ1n) is 8.36. The van der Waals surface area contributed by atoms with Crippen molar-refractivity contribution in [3.05, 3.63) is 40.2 Å². The minimum atomic E-state index is -0.909. The van der Waals surface area contributed by atoms with Crippen LogP contribution in [0.3, 0.4) is 0 Å². The molecule has 6 heteroatoms. The summed E-state index contributed by atoms with van der Waals surface area (Å²) in [4.78, 5) is 25.9. The van der Waals surface area contributed by atoms with E-state index < -0.39 is 5.97 Å². The number of hydrogen-bond acceptors (Lipinski definition) is 4. The first kappa shape index (κ1) is 15.2. The molecule has 0 amide bonds. The van der Waals surface area contributed by atoms with E-state index in [0.717, 1.165) is 37.1 Å². The third kappa shape index (κ3) is 2.78. The van der Waals surface area contributed by atoms with Crippen LogP contribution in [0.5, 0.6) is 0 Å². The fraction of sp³-hybridized carbons (Fsp3) is 0.444. The first-order chi connectivity index (χ1) is 11.6. The van der Waals surface area contributed by atoms with Gasteiger partial charge in [-0.25, -0.2) is 0 Å². The van der Waals surface area contributed by atoms with Crippen molar-refractivity contribution in [3.8, 4) is 0 Å². The number of benzene rings is 1. The quantitative estimate of drug-likeness (QED) is 0.926. The highest BCUT2D eigenvalue weighted by molar-refractivity contribution is 5.84. The maximum atomic E-state index is 12.6. The van der Waals surface area contributed by atoms with Gasteiger partial charge in [0.1, 0.15) is 0 Å². The molecule has 1 aromatic carbocycles. The number of fused-ring (bicyclic) bond motifs is 1. The molecule has 1 aliphatic heterocycles. The lowest BCUT2D eigenvalue weighted by atomic mass is 10.1. The van der Waals surface area contributed by atoms with Crippen molar-refractivity contribution in [3.63, 3.8) is 0 Å². The van der Waals surface area contributed by atoms with E-state index in [1.165, 1.54) is 6.07 Å². The van der Waals surface area contributed by atoms with Crippen LogP contribution in [0.2, 0.25) is 0 Å². The number of nitrogens with zero attached hydrogens (tertiary/aromatic N) is 2. The maximum Gasteiger partial charge on any atom is 0.309 e. The topological polar surface area (TPSA) is 71.8 Å². The van der Waals surface area contributed by atoms with E-state index in [1.54, 1.807) is 0 Å². The molecule has 0 radical (unpaired) electrons. The molecular formula is C18H20N2O4. The molecule has 0 atom stereocenters. The number of hydrogen-bond donors (Lipinski definition) is 1. The number of carbonyl (C=O) groups is 1. The predicted octanol–water partition coefficient (Wildman–Crippen LogP) is 1.80. The van der Waals surface area contributed by atoms with Crippen LogP contribution in [0.1, 0.15) is 24.6 Å². The molecule has 2 fully saturated rings. The lowest BCUT2D eigenvalue weighted by molar-refractivity contribution is -0.136. The molecule has 2 aliphatic rings. The minimum absolute atomic E-state index is 0.103. The van der Waals surface area contributed by atoms with Gasteiger partial charge in [0, 0.05) is 42.0 Å². The second-order valence-corrected chi connectivity index (χ2v) is 6.47. The molecule has 0 bridgehead atoms. The predicted molar refractivity (Wildman–Crippen MR) is 90.9 cm³/mol. The zero-order valence-electron chi connectivity index (χ0n) is 13.4. The number of carboxylic acids is 1. The van der Waals surface area contributed by atoms with Crippen LogP contribution in [0.4, 0.5) is 5.69 Å². The van der Waals surface area contributed by atoms with E-state index in [4.69, 9.17) is 9.84 Å². The maximum absolute atomic E-state index is 12.6. The molecule has 1 aliphatic carbocycles. The molecule has 1 saturated carbocycles. The number of anilines is 1. The summed E-state index contributed by atoms with van der Waals surface area (Å²) < 4.78 is 7.43. The van der Waals surface area contributed by atoms with E-state index in [9.17, 15) is 9.59 Å². The Balaban J connectivity index is 1.84. The summed E-state index contributed by atoms with van der Waals surface area (Å²) in [7, 11) is 0. The Morgan fingerprint density at radius 2 is 1.96 bits per heavy atom. The molecule has 1 saturated heterocycles. The number of pyridine rings is 1. The summed E-state index contributed by atoms with van der Waals surface area (Å²) in [6.07, 6.45) is 1.96. The molecule has 0 unspecified atom stereocenters. The zero-order valence-corrected chi connectivity index (χ0v) is 13.4. The Morgan fingerprint density at radius 1 is 1.21 bits per heavy atom. The normalized spacial score (nSPS) is 18.1. The fourth-order valence-corrected chi connectivity index (χ4v) is 3.46. The van der Waals surface area contributed by atoms with Gasteiger partial charge in [0.15, 0.2) is 5.43 Å². The van der Waals surface area contributed by atoms with Crippen LogP contribution in [-0.4, -0.2) is 41.9 Å². The lowest BCUT2D eigenvalue weighted by Gasteiger charge is -2.29. The van der Waals surface area contributed by atoms with Crippen molar-refractivity contribution in [1.29, 1.82) is 0 Å². The van der Waals surface area contributed by atoms with Crippen molar-refractivity contribution in [2.45, 2.75) is 25.3 Å². The van der Waals surface area contributed by atoms with Gasteiger partial charge in [-0.2, -0.15) is 0 Å². The summed E-state index contributed by atoms with van der Waals surface area (Å²) in [5, 5.41) is 9.80. The molecule has 1 aromatic heterocycles. The highest BCUT2D eigenvalue weighted by Crippen LogP contribution is 2.38. The molecule has 24 heavy (non-hydrogen) atoms. The van der Waals surface area contributed by atoms with Gasteiger partial charge in [-0.1, -0.05) is 0 Å². The van der Waals surface area contributed by atoms with E-state index >= 15 is 0 Å². The molecule has 2 heterocycles. The minimum Gasteiger partial charge on any atom is -0.481 e. The number of aliphatic carboxylic acids is 1. The third-order valence-electron chi connectivity index (χ3n) is 4.73. The van der Waals surface area contributed by atoms with Gasteiger partial charge in [-0.15, -0.1) is 0 Å². The lowest BCUT2D eigenvalue weighted by Crippen LogP contribution is -2.36. The molecule has 126 valence electrons. The summed E-state index contributed by atoms with van der Waals surface area (Å²) in [5.74, 6) is -0.909. The summed E-state index contributed by atoms with van der Waals surface area (Å²) >= 11 is 0. The Hall–Kier alpha value is -2.34. The molecular weight excluding hydrogens is 308 g/mol. The average Bonchev–Trinajstić information content (AvgIpc) is 3.40. The first-order valence-corrected chi connectivity index (χ1v) is 8.36. The average molecular weight is 328 g/mol. The largest absolute Gasteiger partial charge is 0.481 e. The Kier molecular flexibility index (Phi) is 3.76. The van der Waals surface area contributed by atoms with E-state index in [2.05, 4.69) is 4.90 Å². The number of morpholine rings is 1. The summed E-state index contributed by atoms with van der Waals surface area (Å²) in [6, 6.07) is 7.74. The van der Waals surface area contributed by atoms with E-state index in [0.29, 0.717) is 30.3 Å². The molecule has 1 N–H and O–H groups in total. The standard InChI is InChI=1S/C18H20N2O4/c21-17-10-14(11-18(22)23)20(12-1-2-12)16-4-3-13(9-15(16)17)19-5-7-24-8-6-19/h3-4,9-10,12H,1-2,5-8,11H2,(H,22,23). The Labute approximate surface area is 139 Å². The van der Waals surface area contributed by atoms with Crippen LogP contribution in [0, 0.1) is 0 Å². The van der Waals surface area contributed by atoms with Crippen molar-refractivity contribution in [1.82, 2.24) is 4.57 Å². The van der Waals surface area contributed by atoms with Gasteiger partial charge in [-0.05, 0) is 31.0 Å². The highest BCUT2D eigenvalue weighted by atomic mass is 16.5. The summed E-state index contributed by atoms with van der Waals surface area (Å²) in [5.41, 5.74) is 2.37. The zero-order chi connectivity index (χ0) is 16.7. The van der Waals surface area contributed by atoms with Crippen molar-refractivity contribution in [2.24, 2.45) is 0 Å². The summed E-state index contributed by atoms with van der Waals surface area (Å²) in [6.45, 7) is 3.03. The van der Waals surface area contributed by atoms with Crippen LogP contribution >= 0.6 is 0 Å². The number of aromatic nitrogens is 1. The second kappa shape index (κ2) is 5.94. The van der Waals surface area contributed by atoms with Crippen LogP contribution in [0.25, 0.3) is 10.9 Å². The third-order valence-corrected chi connectivity index (χ3v) is 4.73. The molecule has 4 rings (SSSR count). The SMILES string of the molecule is O=C(O)Cc1cc(=O)c2cc(N3CCOCC3)ccc2n1C1CC1. The van der Waals surface area contributed by atoms with Crippen LogP contribution in [-0.2, 0) is 16.0 Å². The molecule has 6 nitrogen and oxygen atoms in total. The molecule has 2 aromatic rings. The van der Waals surface area contributed by atoms with E-state index in [-0.39, 0.29) is 11.8 Å². The monoisotopic (exact) mass is 328 g/mol. The van der Waals surface area contributed by atoms with E-state index in [1.807, 2.05) is 22.8 Å². The van der Waals surface area contributed by atoms with Crippen LogP contribution < -0.4 is 10.3 Å². The number of ether oxygens (including phenoxy) is 1.